The fraction of sp³-hybridized carbons (Fsp3) is 0.696. The lowest BCUT2D eigenvalue weighted by Gasteiger charge is -2.48. The summed E-state index contributed by atoms with van der Waals surface area (Å²) in [4.78, 5) is 29.5. The number of nitrogens with zero attached hydrogens (tertiary/aromatic N) is 6. The highest BCUT2D eigenvalue weighted by Crippen LogP contribution is 2.47. The fourth-order valence-electron chi connectivity index (χ4n) is 5.79. The van der Waals surface area contributed by atoms with Crippen molar-refractivity contribution < 1.29 is 9.53 Å². The van der Waals surface area contributed by atoms with E-state index < -0.39 is 0 Å². The minimum absolute atomic E-state index is 0.130. The van der Waals surface area contributed by atoms with Gasteiger partial charge in [-0.25, -0.2) is 16.4 Å². The van der Waals surface area contributed by atoms with Crippen LogP contribution in [0.4, 0.5) is 16.3 Å². The van der Waals surface area contributed by atoms with Crippen LogP contribution in [0.3, 0.4) is 0 Å². The molecule has 8 heteroatoms. The second-order valence-electron chi connectivity index (χ2n) is 9.51. The number of anilines is 2. The van der Waals surface area contributed by atoms with E-state index in [1.807, 2.05) is 24.1 Å². The zero-order chi connectivity index (χ0) is 21.4. The molecular formula is C23H32N6O2. The minimum Gasteiger partial charge on any atom is -0.450 e. The van der Waals surface area contributed by atoms with E-state index in [0.717, 1.165) is 58.2 Å². The van der Waals surface area contributed by atoms with Gasteiger partial charge in [0.2, 0.25) is 0 Å². The van der Waals surface area contributed by atoms with Crippen molar-refractivity contribution in [2.24, 2.45) is 5.41 Å². The number of hydrogen-bond acceptors (Lipinski definition) is 6. The smallest absolute Gasteiger partial charge is 0.409 e. The molecule has 4 aliphatic rings. The quantitative estimate of drug-likeness (QED) is 0.692. The molecule has 166 valence electrons. The molecular weight excluding hydrogens is 392 g/mol. The molecule has 3 aliphatic heterocycles. The first-order valence-corrected chi connectivity index (χ1v) is 11.6. The van der Waals surface area contributed by atoms with Crippen LogP contribution < -0.4 is 9.80 Å². The Morgan fingerprint density at radius 1 is 1.26 bits per heavy atom. The van der Waals surface area contributed by atoms with Crippen molar-refractivity contribution in [1.82, 2.24) is 14.8 Å². The van der Waals surface area contributed by atoms with E-state index in [0.29, 0.717) is 18.1 Å². The summed E-state index contributed by atoms with van der Waals surface area (Å²) in [6.07, 6.45) is 5.38. The van der Waals surface area contributed by atoms with E-state index in [9.17, 15) is 4.79 Å². The number of ether oxygens (including phenoxy) is 1. The van der Waals surface area contributed by atoms with Crippen molar-refractivity contribution in [2.45, 2.75) is 38.3 Å². The van der Waals surface area contributed by atoms with Crippen molar-refractivity contribution in [3.05, 3.63) is 29.7 Å². The van der Waals surface area contributed by atoms with Gasteiger partial charge in [0.15, 0.2) is 5.82 Å². The Bertz CT molecular complexity index is 850. The van der Waals surface area contributed by atoms with Crippen LogP contribution >= 0.6 is 0 Å². The third kappa shape index (κ3) is 3.80. The molecule has 4 fully saturated rings. The van der Waals surface area contributed by atoms with Crippen LogP contribution in [0.15, 0.2) is 18.3 Å². The van der Waals surface area contributed by atoms with Crippen LogP contribution in [0, 0.1) is 12.0 Å². The summed E-state index contributed by atoms with van der Waals surface area (Å²) in [5.41, 5.74) is 1.49. The molecule has 1 aliphatic carbocycles. The zero-order valence-electron chi connectivity index (χ0n) is 18.4. The van der Waals surface area contributed by atoms with E-state index in [-0.39, 0.29) is 12.1 Å². The van der Waals surface area contributed by atoms with Gasteiger partial charge in [-0.3, -0.25) is 4.90 Å². The average molecular weight is 425 g/mol. The molecule has 1 saturated carbocycles. The summed E-state index contributed by atoms with van der Waals surface area (Å²) in [6, 6.07) is 4.90. The molecule has 1 unspecified atom stereocenters. The average Bonchev–Trinajstić information content (AvgIpc) is 3.19. The first-order chi connectivity index (χ1) is 15.1. The zero-order valence-corrected chi connectivity index (χ0v) is 18.4. The standard InChI is InChI=1S/C23H32N6O2/c1-3-31-22(30)29-16-23(17-29)7-6-19(13-23)26-9-11-27(12-10-26)21-20(5-4-8-25-21)28-14-18(15-28)24-2/h4-5,8,18-19H,3,6-7,9-17H2,1H3. The number of piperazine rings is 1. The van der Waals surface area contributed by atoms with Crippen molar-refractivity contribution in [3.63, 3.8) is 0 Å². The summed E-state index contributed by atoms with van der Waals surface area (Å²) in [6.45, 7) is 17.0. The van der Waals surface area contributed by atoms with Gasteiger partial charge in [-0.15, -0.1) is 0 Å². The van der Waals surface area contributed by atoms with Crippen LogP contribution in [0.25, 0.3) is 4.85 Å². The Kier molecular flexibility index (Phi) is 5.39. The van der Waals surface area contributed by atoms with Crippen LogP contribution in [-0.4, -0.2) is 91.9 Å². The molecule has 0 bridgehead atoms. The first kappa shape index (κ1) is 20.4. The molecule has 5 rings (SSSR count). The molecule has 4 heterocycles. The van der Waals surface area contributed by atoms with Gasteiger partial charge in [-0.05, 0) is 38.3 Å². The van der Waals surface area contributed by atoms with Crippen LogP contribution in [0.2, 0.25) is 0 Å². The highest BCUT2D eigenvalue weighted by Gasteiger charge is 2.51. The molecule has 1 atom stereocenters. The van der Waals surface area contributed by atoms with E-state index in [4.69, 9.17) is 16.3 Å². The Morgan fingerprint density at radius 2 is 2.03 bits per heavy atom. The SMILES string of the molecule is [C-]#[N+]C1CN(c2cccnc2N2CCN(C3CCC4(C3)CN(C(=O)OCC)C4)CC2)C1. The lowest BCUT2D eigenvalue weighted by molar-refractivity contribution is -0.00294. The van der Waals surface area contributed by atoms with Gasteiger partial charge in [0.1, 0.15) is 0 Å². The summed E-state index contributed by atoms with van der Waals surface area (Å²) in [5, 5.41) is 0. The maximum atomic E-state index is 11.9. The Hall–Kier alpha value is -2.53. The minimum atomic E-state index is -0.152. The van der Waals surface area contributed by atoms with Crippen LogP contribution in [0.5, 0.6) is 0 Å². The summed E-state index contributed by atoms with van der Waals surface area (Å²) in [5.74, 6) is 1.07. The molecule has 0 N–H and O–H groups in total. The molecule has 3 saturated heterocycles. The Morgan fingerprint density at radius 3 is 2.74 bits per heavy atom. The maximum Gasteiger partial charge on any atom is 0.409 e. The molecule has 1 aromatic rings. The summed E-state index contributed by atoms with van der Waals surface area (Å²) >= 11 is 0. The van der Waals surface area contributed by atoms with Gasteiger partial charge in [-0.2, -0.15) is 0 Å². The highest BCUT2D eigenvalue weighted by molar-refractivity contribution is 5.69. The number of amides is 1. The molecule has 31 heavy (non-hydrogen) atoms. The number of rotatable bonds is 4. The monoisotopic (exact) mass is 424 g/mol. The van der Waals surface area contributed by atoms with E-state index in [1.165, 1.54) is 24.9 Å². The van der Waals surface area contributed by atoms with Crippen LogP contribution in [0.1, 0.15) is 26.2 Å². The predicted octanol–water partition coefficient (Wildman–Crippen LogP) is 2.32. The number of likely N-dealkylation sites (tertiary alicyclic amines) is 1. The van der Waals surface area contributed by atoms with E-state index >= 15 is 0 Å². The third-order valence-electron chi connectivity index (χ3n) is 7.54. The largest absolute Gasteiger partial charge is 0.450 e. The second-order valence-corrected chi connectivity index (χ2v) is 9.51. The normalized spacial score (nSPS) is 25.8. The molecule has 8 nitrogen and oxygen atoms in total. The van der Waals surface area contributed by atoms with E-state index in [1.54, 1.807) is 0 Å². The maximum absolute atomic E-state index is 11.9. The van der Waals surface area contributed by atoms with Crippen LogP contribution in [-0.2, 0) is 4.74 Å². The molecule has 0 aromatic carbocycles. The molecule has 1 amide bonds. The van der Waals surface area contributed by atoms with E-state index in [2.05, 4.69) is 25.6 Å². The summed E-state index contributed by atoms with van der Waals surface area (Å²) < 4.78 is 5.14. The highest BCUT2D eigenvalue weighted by atomic mass is 16.6. The lowest BCUT2D eigenvalue weighted by atomic mass is 9.78. The summed E-state index contributed by atoms with van der Waals surface area (Å²) in [7, 11) is 0. The van der Waals surface area contributed by atoms with Gasteiger partial charge in [0.25, 0.3) is 6.04 Å². The first-order valence-electron chi connectivity index (χ1n) is 11.6. The van der Waals surface area contributed by atoms with Crippen molar-refractivity contribution in [3.8, 4) is 0 Å². The lowest BCUT2D eigenvalue weighted by Crippen LogP contribution is -2.58. The van der Waals surface area contributed by atoms with Gasteiger partial charge in [-0.1, -0.05) is 0 Å². The Labute approximate surface area is 184 Å². The number of pyridine rings is 1. The number of carbonyl (C=O) groups is 1. The van der Waals surface area contributed by atoms with Crippen molar-refractivity contribution in [2.75, 3.05) is 68.8 Å². The van der Waals surface area contributed by atoms with Gasteiger partial charge >= 0.3 is 6.09 Å². The Balaban J connectivity index is 1.14. The third-order valence-corrected chi connectivity index (χ3v) is 7.54. The molecule has 1 spiro atoms. The predicted molar refractivity (Wildman–Crippen MR) is 119 cm³/mol. The number of carbonyl (C=O) groups excluding carboxylic acids is 1. The number of aromatic nitrogens is 1. The van der Waals surface area contributed by atoms with Crippen molar-refractivity contribution in [1.29, 1.82) is 0 Å². The second kappa shape index (κ2) is 8.19. The van der Waals surface area contributed by atoms with Crippen molar-refractivity contribution >= 4 is 17.6 Å². The number of hydrogen-bond donors (Lipinski definition) is 0. The molecule has 0 radical (unpaired) electrons. The fourth-order valence-corrected chi connectivity index (χ4v) is 5.79. The molecule has 1 aromatic heterocycles. The van der Waals surface area contributed by atoms with Gasteiger partial charge < -0.3 is 24.3 Å². The topological polar surface area (TPSA) is 56.5 Å². The van der Waals surface area contributed by atoms with Gasteiger partial charge in [0, 0.05) is 56.9 Å². The van der Waals surface area contributed by atoms with Gasteiger partial charge in [0.05, 0.1) is 25.4 Å².